The third kappa shape index (κ3) is 4.59. The third-order valence-corrected chi connectivity index (χ3v) is 5.00. The molecule has 0 saturated heterocycles. The topological polar surface area (TPSA) is 75.3 Å². The molecule has 3 aromatic carbocycles. The molecule has 154 valence electrons. The van der Waals surface area contributed by atoms with Crippen molar-refractivity contribution in [3.05, 3.63) is 113 Å². The molecule has 3 aromatic rings. The summed E-state index contributed by atoms with van der Waals surface area (Å²) in [6.45, 7) is 0. The van der Waals surface area contributed by atoms with Crippen LogP contribution in [0.3, 0.4) is 0 Å². The minimum Gasteiger partial charge on any atom is -0.370 e. The summed E-state index contributed by atoms with van der Waals surface area (Å²) < 4.78 is 13.2. The first-order chi connectivity index (χ1) is 15.0. The molecule has 0 heterocycles. The Bertz CT molecular complexity index is 1170. The van der Waals surface area contributed by atoms with E-state index >= 15 is 0 Å². The lowest BCUT2D eigenvalue weighted by Gasteiger charge is -2.23. The summed E-state index contributed by atoms with van der Waals surface area (Å²) in [5, 5.41) is 5.69. The highest BCUT2D eigenvalue weighted by Gasteiger charge is 2.29. The lowest BCUT2D eigenvalue weighted by Crippen LogP contribution is -2.44. The molecule has 0 unspecified atom stereocenters. The van der Waals surface area contributed by atoms with Crippen molar-refractivity contribution in [1.29, 1.82) is 0 Å². The zero-order valence-corrected chi connectivity index (χ0v) is 16.5. The highest BCUT2D eigenvalue weighted by molar-refractivity contribution is 6.24. The summed E-state index contributed by atoms with van der Waals surface area (Å²) in [4.78, 5) is 38.4. The average Bonchev–Trinajstić information content (AvgIpc) is 2.79. The lowest BCUT2D eigenvalue weighted by molar-refractivity contribution is -0.117. The molecular formula is C25H19FN2O3. The van der Waals surface area contributed by atoms with Crippen molar-refractivity contribution in [2.24, 2.45) is 0 Å². The largest absolute Gasteiger partial charge is 0.370 e. The Morgan fingerprint density at radius 1 is 0.839 bits per heavy atom. The minimum absolute atomic E-state index is 0.0684. The van der Waals surface area contributed by atoms with Crippen LogP contribution in [0.4, 0.5) is 10.1 Å². The normalized spacial score (nSPS) is 13.8. The smallest absolute Gasteiger partial charge is 0.247 e. The van der Waals surface area contributed by atoms with E-state index in [-0.39, 0.29) is 23.7 Å². The molecule has 31 heavy (non-hydrogen) atoms. The Morgan fingerprint density at radius 3 is 2.19 bits per heavy atom. The molecule has 2 N–H and O–H groups in total. The van der Waals surface area contributed by atoms with Crippen molar-refractivity contribution >= 4 is 23.2 Å². The molecule has 0 radical (unpaired) electrons. The van der Waals surface area contributed by atoms with Crippen LogP contribution in [0.5, 0.6) is 0 Å². The van der Waals surface area contributed by atoms with Crippen LogP contribution in [0.25, 0.3) is 0 Å². The van der Waals surface area contributed by atoms with Crippen LogP contribution in [-0.4, -0.2) is 23.5 Å². The highest BCUT2D eigenvalue weighted by atomic mass is 19.1. The van der Waals surface area contributed by atoms with Crippen molar-refractivity contribution in [2.45, 2.75) is 12.5 Å². The number of benzene rings is 3. The van der Waals surface area contributed by atoms with Gasteiger partial charge in [0.15, 0.2) is 5.78 Å². The summed E-state index contributed by atoms with van der Waals surface area (Å²) in [5.74, 6) is -1.46. The molecule has 0 saturated carbocycles. The van der Waals surface area contributed by atoms with Crippen molar-refractivity contribution in [2.75, 3.05) is 5.32 Å². The standard InChI is InChI=1S/C25H19FN2O3/c26-17-10-12-18(13-11-17)27-25(31)22(14-16-6-2-1-3-7-16)28-21-15-23(29)19-8-4-5-9-20(19)24(21)30/h1-13,15,22,28H,14H2,(H,27,31)/t22-/m1/s1. The number of Topliss-reactive ketones (excluding diaryl/α,β-unsaturated/α-hetero) is 1. The maximum absolute atomic E-state index is 13.2. The minimum atomic E-state index is -0.833. The van der Waals surface area contributed by atoms with E-state index in [0.29, 0.717) is 16.8 Å². The monoisotopic (exact) mass is 414 g/mol. The Morgan fingerprint density at radius 2 is 1.48 bits per heavy atom. The van der Waals surface area contributed by atoms with Gasteiger partial charge in [-0.25, -0.2) is 4.39 Å². The van der Waals surface area contributed by atoms with E-state index in [1.54, 1.807) is 24.3 Å². The molecule has 1 aliphatic rings. The van der Waals surface area contributed by atoms with Crippen LogP contribution < -0.4 is 10.6 Å². The number of carbonyl (C=O) groups is 3. The first kappa shape index (κ1) is 20.2. The van der Waals surface area contributed by atoms with Crippen LogP contribution in [0.1, 0.15) is 26.3 Å². The van der Waals surface area contributed by atoms with Gasteiger partial charge in [-0.1, -0.05) is 54.6 Å². The Labute approximate surface area is 178 Å². The number of hydrogen-bond acceptors (Lipinski definition) is 4. The maximum atomic E-state index is 13.2. The third-order valence-electron chi connectivity index (χ3n) is 5.00. The molecule has 4 rings (SSSR count). The van der Waals surface area contributed by atoms with Gasteiger partial charge in [-0.05, 0) is 29.8 Å². The van der Waals surface area contributed by atoms with E-state index in [4.69, 9.17) is 0 Å². The highest BCUT2D eigenvalue weighted by Crippen LogP contribution is 2.21. The van der Waals surface area contributed by atoms with Crippen LogP contribution in [-0.2, 0) is 11.2 Å². The molecule has 0 aliphatic heterocycles. The fourth-order valence-corrected chi connectivity index (χ4v) is 3.43. The molecule has 6 heteroatoms. The van der Waals surface area contributed by atoms with Crippen molar-refractivity contribution in [1.82, 2.24) is 5.32 Å². The van der Waals surface area contributed by atoms with Gasteiger partial charge in [-0.15, -0.1) is 0 Å². The van der Waals surface area contributed by atoms with E-state index in [9.17, 15) is 18.8 Å². The van der Waals surface area contributed by atoms with E-state index in [1.165, 1.54) is 30.3 Å². The number of carbonyl (C=O) groups excluding carboxylic acids is 3. The zero-order valence-electron chi connectivity index (χ0n) is 16.5. The SMILES string of the molecule is O=C1C=C(N[C@H](Cc2ccccc2)C(=O)Nc2ccc(F)cc2)C(=O)c2ccccc21. The summed E-state index contributed by atoms with van der Waals surface area (Å²) in [6, 6.07) is 20.5. The van der Waals surface area contributed by atoms with E-state index in [1.807, 2.05) is 30.3 Å². The average molecular weight is 414 g/mol. The van der Waals surface area contributed by atoms with Gasteiger partial charge in [-0.2, -0.15) is 0 Å². The van der Waals surface area contributed by atoms with Gasteiger partial charge < -0.3 is 10.6 Å². The van der Waals surface area contributed by atoms with Crippen molar-refractivity contribution in [3.8, 4) is 0 Å². The fraction of sp³-hybridized carbons (Fsp3) is 0.0800. The second-order valence-electron chi connectivity index (χ2n) is 7.18. The number of nitrogens with one attached hydrogen (secondary N) is 2. The van der Waals surface area contributed by atoms with E-state index in [2.05, 4.69) is 10.6 Å². The number of hydrogen-bond donors (Lipinski definition) is 2. The van der Waals surface area contributed by atoms with Gasteiger partial charge in [0.2, 0.25) is 11.7 Å². The number of allylic oxidation sites excluding steroid dienone is 2. The van der Waals surface area contributed by atoms with Gasteiger partial charge in [0.1, 0.15) is 11.9 Å². The first-order valence-corrected chi connectivity index (χ1v) is 9.78. The first-order valence-electron chi connectivity index (χ1n) is 9.78. The zero-order chi connectivity index (χ0) is 21.8. The molecular weight excluding hydrogens is 395 g/mol. The maximum Gasteiger partial charge on any atom is 0.247 e. The number of fused-ring (bicyclic) bond motifs is 1. The predicted molar refractivity (Wildman–Crippen MR) is 115 cm³/mol. The Hall–Kier alpha value is -4.06. The van der Waals surface area contributed by atoms with Crippen LogP contribution >= 0.6 is 0 Å². The molecule has 0 fully saturated rings. The number of anilines is 1. The number of ketones is 2. The predicted octanol–water partition coefficient (Wildman–Crippen LogP) is 3.93. The summed E-state index contributed by atoms with van der Waals surface area (Å²) in [5.41, 5.74) is 2.02. The number of rotatable bonds is 6. The van der Waals surface area contributed by atoms with Crippen molar-refractivity contribution < 1.29 is 18.8 Å². The van der Waals surface area contributed by atoms with Gasteiger partial charge >= 0.3 is 0 Å². The molecule has 1 aliphatic carbocycles. The Balaban J connectivity index is 1.60. The quantitative estimate of drug-likeness (QED) is 0.641. The van der Waals surface area contributed by atoms with Crippen LogP contribution in [0, 0.1) is 5.82 Å². The molecule has 0 aromatic heterocycles. The van der Waals surface area contributed by atoms with Crippen LogP contribution in [0.2, 0.25) is 0 Å². The lowest BCUT2D eigenvalue weighted by atomic mass is 9.92. The second kappa shape index (κ2) is 8.75. The van der Waals surface area contributed by atoms with Gasteiger partial charge in [0, 0.05) is 29.3 Å². The fourth-order valence-electron chi connectivity index (χ4n) is 3.43. The molecule has 0 bridgehead atoms. The van der Waals surface area contributed by atoms with Crippen molar-refractivity contribution in [3.63, 3.8) is 0 Å². The molecule has 0 spiro atoms. The van der Waals surface area contributed by atoms with E-state index in [0.717, 1.165) is 5.56 Å². The summed E-state index contributed by atoms with van der Waals surface area (Å²) in [7, 11) is 0. The molecule has 1 atom stereocenters. The Kier molecular flexibility index (Phi) is 5.71. The molecule has 5 nitrogen and oxygen atoms in total. The van der Waals surface area contributed by atoms with Crippen LogP contribution in [0.15, 0.2) is 90.6 Å². The van der Waals surface area contributed by atoms with Gasteiger partial charge in [0.25, 0.3) is 0 Å². The van der Waals surface area contributed by atoms with E-state index < -0.39 is 17.8 Å². The number of halogens is 1. The van der Waals surface area contributed by atoms with Gasteiger partial charge in [-0.3, -0.25) is 14.4 Å². The van der Waals surface area contributed by atoms with Gasteiger partial charge in [0.05, 0.1) is 5.70 Å². The summed E-state index contributed by atoms with van der Waals surface area (Å²) in [6.07, 6.45) is 1.52. The molecule has 1 amide bonds. The number of amides is 1. The summed E-state index contributed by atoms with van der Waals surface area (Å²) >= 11 is 0. The second-order valence-corrected chi connectivity index (χ2v) is 7.18.